The average Bonchev–Trinajstić information content (AvgIpc) is 3.02. The number of carbonyl (C=O) groups excluding carboxylic acids is 1. The molecule has 0 saturated carbocycles. The second kappa shape index (κ2) is 7.04. The third-order valence-corrected chi connectivity index (χ3v) is 3.59. The number of aryl methyl sites for hydroxylation is 1. The number of esters is 1. The first kappa shape index (κ1) is 16.5. The van der Waals surface area contributed by atoms with E-state index in [9.17, 15) is 9.59 Å². The largest absolute Gasteiger partial charge is 0.481 e. The molecule has 3 aromatic rings. The molecule has 1 aromatic carbocycles. The normalized spacial score (nSPS) is 10.5. The number of methoxy groups -OCH3 is 1. The van der Waals surface area contributed by atoms with Crippen molar-refractivity contribution in [3.05, 3.63) is 70.5 Å². The highest BCUT2D eigenvalue weighted by Crippen LogP contribution is 2.29. The Bertz CT molecular complexity index is 944. The van der Waals surface area contributed by atoms with E-state index in [0.29, 0.717) is 0 Å². The lowest BCUT2D eigenvalue weighted by atomic mass is 10.2. The molecule has 3 rings (SSSR count). The van der Waals surface area contributed by atoms with Crippen molar-refractivity contribution in [1.29, 1.82) is 0 Å². The van der Waals surface area contributed by atoms with Crippen LogP contribution in [0.25, 0.3) is 11.5 Å². The summed E-state index contributed by atoms with van der Waals surface area (Å²) in [5.41, 5.74) is 0.890. The van der Waals surface area contributed by atoms with Gasteiger partial charge in [-0.15, -0.1) is 0 Å². The van der Waals surface area contributed by atoms with Gasteiger partial charge < -0.3 is 18.5 Å². The lowest BCUT2D eigenvalue weighted by Crippen LogP contribution is -2.11. The number of hydrogen-bond donors (Lipinski definition) is 0. The maximum Gasteiger partial charge on any atom is 0.357 e. The second-order valence-corrected chi connectivity index (χ2v) is 5.26. The highest BCUT2D eigenvalue weighted by Gasteiger charge is 2.25. The lowest BCUT2D eigenvalue weighted by molar-refractivity contribution is 0.0590. The summed E-state index contributed by atoms with van der Waals surface area (Å²) in [6, 6.07) is 10.7. The summed E-state index contributed by atoms with van der Waals surface area (Å²) in [5.74, 6) is -0.504. The van der Waals surface area contributed by atoms with E-state index >= 15 is 0 Å². The molecule has 7 nitrogen and oxygen atoms in total. The van der Waals surface area contributed by atoms with Crippen LogP contribution in [0.2, 0.25) is 0 Å². The molecule has 0 amide bonds. The van der Waals surface area contributed by atoms with E-state index in [1.807, 2.05) is 30.3 Å². The van der Waals surface area contributed by atoms with Gasteiger partial charge in [0.25, 0.3) is 0 Å². The minimum Gasteiger partial charge on any atom is -0.481 e. The summed E-state index contributed by atoms with van der Waals surface area (Å²) in [4.78, 5) is 28.4. The van der Waals surface area contributed by atoms with Crippen LogP contribution in [0.4, 0.5) is 0 Å². The zero-order chi connectivity index (χ0) is 17.8. The molecule has 2 aromatic heterocycles. The molecule has 0 spiro atoms. The van der Waals surface area contributed by atoms with Crippen molar-refractivity contribution in [2.75, 3.05) is 7.11 Å². The van der Waals surface area contributed by atoms with Gasteiger partial charge >= 0.3 is 5.97 Å². The standard InChI is InChI=1S/C18H16N2O5/c1-20-11-19-14(15(20)18(22)23-2)17-16(13(21)8-9-24-17)25-10-12-6-4-3-5-7-12/h3-9,11H,10H2,1-2H3. The molecule has 0 atom stereocenters. The van der Waals surface area contributed by atoms with Gasteiger partial charge in [0.05, 0.1) is 19.7 Å². The van der Waals surface area contributed by atoms with Gasteiger partial charge in [-0.1, -0.05) is 30.3 Å². The van der Waals surface area contributed by atoms with Gasteiger partial charge in [-0.3, -0.25) is 4.79 Å². The molecule has 0 saturated heterocycles. The Kier molecular flexibility index (Phi) is 4.65. The first-order valence-corrected chi connectivity index (χ1v) is 7.50. The number of nitrogens with zero attached hydrogens (tertiary/aromatic N) is 2. The summed E-state index contributed by atoms with van der Waals surface area (Å²) in [7, 11) is 2.92. The number of rotatable bonds is 5. The van der Waals surface area contributed by atoms with Gasteiger partial charge in [0, 0.05) is 13.1 Å². The molecule has 25 heavy (non-hydrogen) atoms. The Labute approximate surface area is 143 Å². The summed E-state index contributed by atoms with van der Waals surface area (Å²) >= 11 is 0. The van der Waals surface area contributed by atoms with Gasteiger partial charge in [-0.2, -0.15) is 0 Å². The smallest absolute Gasteiger partial charge is 0.357 e. The van der Waals surface area contributed by atoms with E-state index in [0.717, 1.165) is 5.56 Å². The van der Waals surface area contributed by atoms with E-state index in [2.05, 4.69) is 4.98 Å². The van der Waals surface area contributed by atoms with Crippen molar-refractivity contribution in [1.82, 2.24) is 9.55 Å². The monoisotopic (exact) mass is 340 g/mol. The zero-order valence-corrected chi connectivity index (χ0v) is 13.8. The first-order chi connectivity index (χ1) is 12.1. The van der Waals surface area contributed by atoms with Crippen LogP contribution in [0.5, 0.6) is 5.75 Å². The number of imidazole rings is 1. The molecule has 0 fully saturated rings. The molecule has 0 N–H and O–H groups in total. The van der Waals surface area contributed by atoms with E-state index in [4.69, 9.17) is 13.9 Å². The molecule has 0 aliphatic rings. The van der Waals surface area contributed by atoms with Crippen molar-refractivity contribution in [3.63, 3.8) is 0 Å². The minimum atomic E-state index is -0.587. The van der Waals surface area contributed by atoms with Gasteiger partial charge in [-0.25, -0.2) is 9.78 Å². The topological polar surface area (TPSA) is 83.6 Å². The van der Waals surface area contributed by atoms with Gasteiger partial charge in [0.2, 0.25) is 16.9 Å². The van der Waals surface area contributed by atoms with Crippen LogP contribution in [-0.2, 0) is 18.4 Å². The van der Waals surface area contributed by atoms with Crippen molar-refractivity contribution in [2.24, 2.45) is 7.05 Å². The van der Waals surface area contributed by atoms with Crippen LogP contribution in [0, 0.1) is 0 Å². The third kappa shape index (κ3) is 3.30. The van der Waals surface area contributed by atoms with Crippen molar-refractivity contribution >= 4 is 5.97 Å². The highest BCUT2D eigenvalue weighted by atomic mass is 16.5. The van der Waals surface area contributed by atoms with Crippen LogP contribution < -0.4 is 10.2 Å². The molecule has 0 aliphatic heterocycles. The predicted octanol–water partition coefficient (Wildman–Crippen LogP) is 2.41. The quantitative estimate of drug-likeness (QED) is 0.663. The van der Waals surface area contributed by atoms with Gasteiger partial charge in [0.1, 0.15) is 12.3 Å². The first-order valence-electron chi connectivity index (χ1n) is 7.50. The third-order valence-electron chi connectivity index (χ3n) is 3.59. The van der Waals surface area contributed by atoms with Crippen LogP contribution in [0.15, 0.2) is 58.2 Å². The number of ether oxygens (including phenoxy) is 2. The Morgan fingerprint density at radius 3 is 2.72 bits per heavy atom. The number of carbonyl (C=O) groups is 1. The molecule has 2 heterocycles. The number of benzene rings is 1. The maximum absolute atomic E-state index is 12.3. The number of aromatic nitrogens is 2. The Balaban J connectivity index is 2.02. The Morgan fingerprint density at radius 1 is 1.24 bits per heavy atom. The molecular formula is C18H16N2O5. The highest BCUT2D eigenvalue weighted by molar-refractivity contribution is 5.94. The minimum absolute atomic E-state index is 0.00444. The Morgan fingerprint density at radius 2 is 2.00 bits per heavy atom. The average molecular weight is 340 g/mol. The fourth-order valence-electron chi connectivity index (χ4n) is 2.37. The van der Waals surface area contributed by atoms with Crippen molar-refractivity contribution in [3.8, 4) is 17.2 Å². The summed E-state index contributed by atoms with van der Waals surface area (Å²) < 4.78 is 17.4. The summed E-state index contributed by atoms with van der Waals surface area (Å²) in [5, 5.41) is 0. The summed E-state index contributed by atoms with van der Waals surface area (Å²) in [6.45, 7) is 0.184. The van der Waals surface area contributed by atoms with Gasteiger partial charge in [-0.05, 0) is 5.56 Å². The second-order valence-electron chi connectivity index (χ2n) is 5.26. The molecule has 0 bridgehead atoms. The van der Waals surface area contributed by atoms with Crippen LogP contribution in [0.1, 0.15) is 16.1 Å². The van der Waals surface area contributed by atoms with E-state index in [-0.39, 0.29) is 34.9 Å². The molecule has 128 valence electrons. The molecule has 0 aliphatic carbocycles. The SMILES string of the molecule is COC(=O)c1c(-c2occc(=O)c2OCc2ccccc2)ncn1C. The van der Waals surface area contributed by atoms with Crippen LogP contribution >= 0.6 is 0 Å². The predicted molar refractivity (Wildman–Crippen MR) is 89.3 cm³/mol. The van der Waals surface area contributed by atoms with Crippen LogP contribution in [-0.4, -0.2) is 22.6 Å². The van der Waals surface area contributed by atoms with Gasteiger partial charge in [0.15, 0.2) is 5.69 Å². The maximum atomic E-state index is 12.3. The zero-order valence-electron chi connectivity index (χ0n) is 13.8. The molecular weight excluding hydrogens is 324 g/mol. The molecule has 7 heteroatoms. The summed E-state index contributed by atoms with van der Waals surface area (Å²) in [6.07, 6.45) is 2.68. The van der Waals surface area contributed by atoms with E-state index in [1.165, 1.54) is 30.3 Å². The number of hydrogen-bond acceptors (Lipinski definition) is 6. The molecule has 0 unspecified atom stereocenters. The van der Waals surface area contributed by atoms with E-state index in [1.54, 1.807) is 7.05 Å². The van der Waals surface area contributed by atoms with Crippen molar-refractivity contribution in [2.45, 2.75) is 6.61 Å². The molecule has 0 radical (unpaired) electrons. The Hall–Kier alpha value is -3.35. The van der Waals surface area contributed by atoms with E-state index < -0.39 is 5.97 Å². The van der Waals surface area contributed by atoms with Crippen LogP contribution in [0.3, 0.4) is 0 Å². The van der Waals surface area contributed by atoms with Crippen molar-refractivity contribution < 1.29 is 18.7 Å². The lowest BCUT2D eigenvalue weighted by Gasteiger charge is -2.09. The fourth-order valence-corrected chi connectivity index (χ4v) is 2.37. The fraction of sp³-hybridized carbons (Fsp3) is 0.167.